The smallest absolute Gasteiger partial charge is 0.324 e. The number of alkyl halides is 3. The van der Waals surface area contributed by atoms with Crippen LogP contribution >= 0.6 is 11.9 Å². The summed E-state index contributed by atoms with van der Waals surface area (Å²) in [6.45, 7) is 0. The summed E-state index contributed by atoms with van der Waals surface area (Å²) in [5.41, 5.74) is 1.35. The predicted octanol–water partition coefficient (Wildman–Crippen LogP) is 3.09. The van der Waals surface area contributed by atoms with Crippen molar-refractivity contribution in [3.63, 3.8) is 0 Å². The minimum atomic E-state index is -4.44. The number of hydrogen-bond donors (Lipinski definition) is 1. The molecule has 0 unspecified atom stereocenters. The summed E-state index contributed by atoms with van der Waals surface area (Å²) < 4.78 is 44.1. The molecule has 3 aromatic heterocycles. The monoisotopic (exact) mass is 400 g/mol. The molecule has 0 saturated carbocycles. The van der Waals surface area contributed by atoms with E-state index in [0.717, 1.165) is 38.6 Å². The van der Waals surface area contributed by atoms with Crippen LogP contribution in [0.3, 0.4) is 0 Å². The molecule has 0 aliphatic heterocycles. The van der Waals surface area contributed by atoms with Crippen LogP contribution in [0, 0.1) is 0 Å². The number of nitrogens with one attached hydrogen (secondary N) is 1. The molecule has 4 aromatic rings. The van der Waals surface area contributed by atoms with Crippen LogP contribution in [-0.4, -0.2) is 32.4 Å². The standard InChI is InChI=1S/C17H12BF3N6S/c1-26-16-10(6-23-26)2-4-13(18)15(16)25-28-12-3-5-14(22-8-12)27-9-11(7-24-27)17(19,20)21/h2-9,25H,1H3. The zero-order chi connectivity index (χ0) is 19.9. The zero-order valence-electron chi connectivity index (χ0n) is 14.5. The molecule has 11 heteroatoms. The number of aryl methyl sites for hydroxylation is 1. The summed E-state index contributed by atoms with van der Waals surface area (Å²) in [6, 6.07) is 7.01. The Morgan fingerprint density at radius 1 is 1.07 bits per heavy atom. The van der Waals surface area contributed by atoms with Crippen LogP contribution < -0.4 is 10.2 Å². The average Bonchev–Trinajstić information content (AvgIpc) is 3.29. The Hall–Kier alpha value is -2.95. The molecule has 0 spiro atoms. The maximum absolute atomic E-state index is 12.7. The highest BCUT2D eigenvalue weighted by Gasteiger charge is 2.32. The van der Waals surface area contributed by atoms with Crippen LogP contribution in [0.4, 0.5) is 18.9 Å². The summed E-state index contributed by atoms with van der Waals surface area (Å²) >= 11 is 1.28. The van der Waals surface area contributed by atoms with Crippen molar-refractivity contribution in [2.24, 2.45) is 7.05 Å². The molecular formula is C17H12BF3N6S. The van der Waals surface area contributed by atoms with E-state index in [1.165, 1.54) is 11.9 Å². The molecule has 0 bridgehead atoms. The third-order valence-electron chi connectivity index (χ3n) is 4.07. The summed E-state index contributed by atoms with van der Waals surface area (Å²) in [5, 5.41) is 8.89. The van der Waals surface area contributed by atoms with E-state index >= 15 is 0 Å². The molecule has 0 aliphatic carbocycles. The van der Waals surface area contributed by atoms with Gasteiger partial charge in [0.1, 0.15) is 7.85 Å². The van der Waals surface area contributed by atoms with E-state index in [-0.39, 0.29) is 5.82 Å². The SMILES string of the molecule is [B]c1ccc2cnn(C)c2c1NSc1ccc(-n2cc(C(F)(F)F)cn2)nc1. The van der Waals surface area contributed by atoms with Gasteiger partial charge >= 0.3 is 6.18 Å². The molecule has 3 heterocycles. The van der Waals surface area contributed by atoms with Gasteiger partial charge in [-0.15, -0.1) is 0 Å². The Kier molecular flexibility index (Phi) is 4.54. The van der Waals surface area contributed by atoms with Crippen LogP contribution in [0.2, 0.25) is 0 Å². The summed E-state index contributed by atoms with van der Waals surface area (Å²) in [7, 11) is 7.91. The van der Waals surface area contributed by atoms with Gasteiger partial charge in [-0.05, 0) is 24.1 Å². The second-order valence-corrected chi connectivity index (χ2v) is 6.84. The van der Waals surface area contributed by atoms with E-state index < -0.39 is 11.7 Å². The number of aromatic nitrogens is 5. The van der Waals surface area contributed by atoms with Crippen molar-refractivity contribution in [1.82, 2.24) is 24.5 Å². The van der Waals surface area contributed by atoms with Crippen LogP contribution in [0.5, 0.6) is 0 Å². The van der Waals surface area contributed by atoms with Crippen LogP contribution in [0.1, 0.15) is 5.56 Å². The molecule has 28 heavy (non-hydrogen) atoms. The highest BCUT2D eigenvalue weighted by atomic mass is 32.2. The molecule has 0 amide bonds. The van der Waals surface area contributed by atoms with Crippen LogP contribution in [-0.2, 0) is 13.2 Å². The van der Waals surface area contributed by atoms with E-state index in [2.05, 4.69) is 19.9 Å². The second kappa shape index (κ2) is 6.90. The first-order valence-electron chi connectivity index (χ1n) is 8.04. The van der Waals surface area contributed by atoms with E-state index in [1.807, 2.05) is 13.1 Å². The van der Waals surface area contributed by atoms with Gasteiger partial charge in [0.2, 0.25) is 0 Å². The number of nitrogens with zero attached hydrogens (tertiary/aromatic N) is 5. The number of rotatable bonds is 4. The van der Waals surface area contributed by atoms with Crippen molar-refractivity contribution in [2.75, 3.05) is 4.72 Å². The fourth-order valence-corrected chi connectivity index (χ4v) is 3.34. The molecular weight excluding hydrogens is 388 g/mol. The Bertz CT molecular complexity index is 1140. The molecule has 0 fully saturated rings. The van der Waals surface area contributed by atoms with E-state index in [9.17, 15) is 13.2 Å². The topological polar surface area (TPSA) is 60.6 Å². The Morgan fingerprint density at radius 3 is 2.57 bits per heavy atom. The van der Waals surface area contributed by atoms with Crippen molar-refractivity contribution >= 4 is 41.8 Å². The Balaban J connectivity index is 1.52. The van der Waals surface area contributed by atoms with Crippen LogP contribution in [0.15, 0.2) is 53.9 Å². The third kappa shape index (κ3) is 3.44. The minimum Gasteiger partial charge on any atom is -0.324 e. The van der Waals surface area contributed by atoms with Gasteiger partial charge in [0.25, 0.3) is 0 Å². The lowest BCUT2D eigenvalue weighted by Gasteiger charge is -2.11. The number of benzene rings is 1. The maximum atomic E-state index is 12.7. The normalized spacial score (nSPS) is 11.9. The average molecular weight is 400 g/mol. The highest BCUT2D eigenvalue weighted by Crippen LogP contribution is 2.29. The molecule has 0 aliphatic rings. The first kappa shape index (κ1) is 18.4. The zero-order valence-corrected chi connectivity index (χ0v) is 15.3. The number of pyridine rings is 1. The van der Waals surface area contributed by atoms with Crippen molar-refractivity contribution in [3.05, 3.63) is 54.6 Å². The minimum absolute atomic E-state index is 0.285. The van der Waals surface area contributed by atoms with Gasteiger partial charge in [0, 0.05) is 29.7 Å². The Labute approximate surface area is 163 Å². The molecule has 6 nitrogen and oxygen atoms in total. The van der Waals surface area contributed by atoms with E-state index in [0.29, 0.717) is 5.46 Å². The van der Waals surface area contributed by atoms with Crippen molar-refractivity contribution in [1.29, 1.82) is 0 Å². The molecule has 1 aromatic carbocycles. The van der Waals surface area contributed by atoms with E-state index in [4.69, 9.17) is 7.85 Å². The highest BCUT2D eigenvalue weighted by molar-refractivity contribution is 8.00. The largest absolute Gasteiger partial charge is 0.419 e. The van der Waals surface area contributed by atoms with Crippen molar-refractivity contribution in [2.45, 2.75) is 11.1 Å². The van der Waals surface area contributed by atoms with Gasteiger partial charge in [-0.3, -0.25) is 4.68 Å². The number of fused-ring (bicyclic) bond motifs is 1. The summed E-state index contributed by atoms with van der Waals surface area (Å²) in [5.74, 6) is 0.285. The second-order valence-electron chi connectivity index (χ2n) is 5.96. The van der Waals surface area contributed by atoms with Gasteiger partial charge in [0.15, 0.2) is 5.82 Å². The van der Waals surface area contributed by atoms with Gasteiger partial charge < -0.3 is 4.72 Å². The van der Waals surface area contributed by atoms with Gasteiger partial charge in [-0.25, -0.2) is 9.67 Å². The maximum Gasteiger partial charge on any atom is 0.419 e. The summed E-state index contributed by atoms with van der Waals surface area (Å²) in [4.78, 5) is 4.93. The third-order valence-corrected chi connectivity index (χ3v) is 4.85. The quantitative estimate of drug-likeness (QED) is 0.422. The lowest BCUT2D eigenvalue weighted by molar-refractivity contribution is -0.137. The fraction of sp³-hybridized carbons (Fsp3) is 0.118. The van der Waals surface area contributed by atoms with Gasteiger partial charge in [-0.2, -0.15) is 23.4 Å². The molecule has 140 valence electrons. The number of hydrogen-bond acceptors (Lipinski definition) is 5. The first-order chi connectivity index (χ1) is 13.3. The lowest BCUT2D eigenvalue weighted by Crippen LogP contribution is -2.10. The predicted molar refractivity (Wildman–Crippen MR) is 102 cm³/mol. The number of halogens is 3. The summed E-state index contributed by atoms with van der Waals surface area (Å²) in [6.07, 6.45) is 0.521. The van der Waals surface area contributed by atoms with Gasteiger partial charge in [0.05, 0.1) is 29.2 Å². The molecule has 0 atom stereocenters. The van der Waals surface area contributed by atoms with Crippen molar-refractivity contribution < 1.29 is 13.2 Å². The molecule has 0 saturated heterocycles. The first-order valence-corrected chi connectivity index (χ1v) is 8.86. The molecule has 2 radical (unpaired) electrons. The molecule has 1 N–H and O–H groups in total. The van der Waals surface area contributed by atoms with Crippen LogP contribution in [0.25, 0.3) is 16.7 Å². The Morgan fingerprint density at radius 2 is 1.89 bits per heavy atom. The number of anilines is 1. The van der Waals surface area contributed by atoms with Gasteiger partial charge in [-0.1, -0.05) is 17.6 Å². The fourth-order valence-electron chi connectivity index (χ4n) is 2.66. The lowest BCUT2D eigenvalue weighted by atomic mass is 9.93. The van der Waals surface area contributed by atoms with Crippen molar-refractivity contribution in [3.8, 4) is 5.82 Å². The van der Waals surface area contributed by atoms with E-state index in [1.54, 1.807) is 35.3 Å². The molecule has 4 rings (SSSR count).